The number of amides is 3. The molecule has 0 atom stereocenters. The van der Waals surface area contributed by atoms with E-state index in [1.54, 1.807) is 36.4 Å². The Kier molecular flexibility index (Phi) is 5.47. The van der Waals surface area contributed by atoms with Crippen molar-refractivity contribution in [3.63, 3.8) is 0 Å². The lowest BCUT2D eigenvalue weighted by molar-refractivity contribution is 0.102. The number of benzene rings is 2. The fraction of sp³-hybridized carbons (Fsp3) is 0. The topological polar surface area (TPSA) is 122 Å². The zero-order chi connectivity index (χ0) is 21.8. The Balaban J connectivity index is 1.47. The smallest absolute Gasteiger partial charge is 0.323 e. The van der Waals surface area contributed by atoms with Crippen molar-refractivity contribution in [2.75, 3.05) is 21.7 Å². The van der Waals surface area contributed by atoms with E-state index in [1.807, 2.05) is 18.2 Å². The van der Waals surface area contributed by atoms with Gasteiger partial charge in [-0.3, -0.25) is 4.79 Å². The van der Waals surface area contributed by atoms with Gasteiger partial charge in [0, 0.05) is 17.1 Å². The number of nitrogens with zero attached hydrogens (tertiary/aromatic N) is 2. The number of carbonyl (C=O) groups excluding carboxylic acids is 2. The van der Waals surface area contributed by atoms with Crippen LogP contribution in [0.4, 0.5) is 27.7 Å². The third-order valence-electron chi connectivity index (χ3n) is 4.31. The Morgan fingerprint density at radius 3 is 2.16 bits per heavy atom. The maximum atomic E-state index is 12.9. The zero-order valence-corrected chi connectivity index (χ0v) is 16.9. The van der Waals surface area contributed by atoms with E-state index in [-0.39, 0.29) is 17.4 Å². The molecule has 4 aromatic rings. The Hall–Kier alpha value is -4.42. The van der Waals surface area contributed by atoms with E-state index in [0.717, 1.165) is 0 Å². The van der Waals surface area contributed by atoms with Gasteiger partial charge in [-0.2, -0.15) is 0 Å². The van der Waals surface area contributed by atoms with Gasteiger partial charge in [0.05, 0.1) is 15.8 Å². The van der Waals surface area contributed by atoms with Crippen LogP contribution in [-0.2, 0) is 0 Å². The quantitative estimate of drug-likeness (QED) is 0.364. The fourth-order valence-corrected chi connectivity index (χ4v) is 3.88. The van der Waals surface area contributed by atoms with Gasteiger partial charge in [0.2, 0.25) is 0 Å². The molecule has 0 bridgehead atoms. The molecule has 3 amide bonds. The summed E-state index contributed by atoms with van der Waals surface area (Å²) in [5.41, 5.74) is 7.98. The van der Waals surface area contributed by atoms with Crippen molar-refractivity contribution >= 4 is 56.4 Å². The maximum Gasteiger partial charge on any atom is 0.323 e. The van der Waals surface area contributed by atoms with Gasteiger partial charge in [0.1, 0.15) is 17.0 Å². The largest absolute Gasteiger partial charge is 0.383 e. The minimum atomic E-state index is -0.414. The summed E-state index contributed by atoms with van der Waals surface area (Å²) in [5.74, 6) is 2.29. The predicted molar refractivity (Wildman–Crippen MR) is 123 cm³/mol. The summed E-state index contributed by atoms with van der Waals surface area (Å²) < 4.78 is 0. The maximum absolute atomic E-state index is 12.9. The highest BCUT2D eigenvalue weighted by atomic mass is 32.1. The van der Waals surface area contributed by atoms with E-state index in [9.17, 15) is 9.59 Å². The molecule has 0 aliphatic heterocycles. The van der Waals surface area contributed by atoms with Gasteiger partial charge >= 0.3 is 6.03 Å². The Morgan fingerprint density at radius 1 is 0.903 bits per heavy atom. The second kappa shape index (κ2) is 8.52. The monoisotopic (exact) mass is 428 g/mol. The summed E-state index contributed by atoms with van der Waals surface area (Å²) >= 11 is 1.20. The molecule has 152 valence electrons. The fourth-order valence-electron chi connectivity index (χ4n) is 2.92. The van der Waals surface area contributed by atoms with Crippen molar-refractivity contribution in [1.82, 2.24) is 9.97 Å². The molecule has 9 heteroatoms. The first-order chi connectivity index (χ1) is 15.0. The van der Waals surface area contributed by atoms with Crippen LogP contribution in [0.15, 0.2) is 60.9 Å². The molecule has 31 heavy (non-hydrogen) atoms. The summed E-state index contributed by atoms with van der Waals surface area (Å²) in [6.07, 6.45) is 6.89. The van der Waals surface area contributed by atoms with E-state index < -0.39 is 5.91 Å². The molecular weight excluding hydrogens is 412 g/mol. The standard InChI is InChI=1S/C22H16N6O2S/c1-2-16-17(18-19(23)24-12-25-21(18)31-16)20(29)26-14-8-10-15(11-9-14)28-22(30)27-13-6-4-3-5-7-13/h1,3-12H,(H,26,29)(H2,23,24,25)(H2,27,28,30). The molecule has 8 nitrogen and oxygen atoms in total. The molecule has 0 saturated carbocycles. The van der Waals surface area contributed by atoms with Gasteiger partial charge in [-0.15, -0.1) is 17.8 Å². The molecule has 2 aromatic carbocycles. The first-order valence-corrected chi connectivity index (χ1v) is 9.91. The van der Waals surface area contributed by atoms with Crippen molar-refractivity contribution in [2.24, 2.45) is 0 Å². The van der Waals surface area contributed by atoms with Crippen LogP contribution in [0.1, 0.15) is 15.2 Å². The number of carbonyl (C=O) groups is 2. The van der Waals surface area contributed by atoms with Gasteiger partial charge in [-0.1, -0.05) is 24.1 Å². The minimum Gasteiger partial charge on any atom is -0.383 e. The molecule has 2 aromatic heterocycles. The van der Waals surface area contributed by atoms with E-state index in [2.05, 4.69) is 31.8 Å². The highest BCUT2D eigenvalue weighted by Crippen LogP contribution is 2.32. The number of rotatable bonds is 4. The van der Waals surface area contributed by atoms with Crippen LogP contribution >= 0.6 is 11.3 Å². The first-order valence-electron chi connectivity index (χ1n) is 9.09. The summed E-state index contributed by atoms with van der Waals surface area (Å²) in [6, 6.07) is 15.4. The number of anilines is 4. The zero-order valence-electron chi connectivity index (χ0n) is 16.0. The molecule has 0 saturated heterocycles. The third kappa shape index (κ3) is 4.29. The Morgan fingerprint density at radius 2 is 1.52 bits per heavy atom. The molecule has 4 rings (SSSR count). The number of hydrogen-bond donors (Lipinski definition) is 4. The van der Waals surface area contributed by atoms with Gasteiger partial charge in [-0.05, 0) is 36.4 Å². The van der Waals surface area contributed by atoms with Crippen LogP contribution in [0.2, 0.25) is 0 Å². The highest BCUT2D eigenvalue weighted by Gasteiger charge is 2.21. The summed E-state index contributed by atoms with van der Waals surface area (Å²) in [7, 11) is 0. The van der Waals surface area contributed by atoms with Crippen LogP contribution in [0.25, 0.3) is 10.2 Å². The highest BCUT2D eigenvalue weighted by molar-refractivity contribution is 7.19. The van der Waals surface area contributed by atoms with Crippen molar-refractivity contribution in [3.05, 3.63) is 71.4 Å². The van der Waals surface area contributed by atoms with Crippen molar-refractivity contribution in [1.29, 1.82) is 0 Å². The second-order valence-corrected chi connectivity index (χ2v) is 7.37. The van der Waals surface area contributed by atoms with Gasteiger partial charge in [0.15, 0.2) is 0 Å². The average molecular weight is 428 g/mol. The molecule has 5 N–H and O–H groups in total. The molecule has 0 unspecified atom stereocenters. The number of nitrogen functional groups attached to an aromatic ring is 1. The number of terminal acetylenes is 1. The number of aromatic nitrogens is 2. The molecule has 2 heterocycles. The average Bonchev–Trinajstić information content (AvgIpc) is 3.16. The number of thiophene rings is 1. The molecular formula is C22H16N6O2S. The molecule has 0 radical (unpaired) electrons. The van der Waals surface area contributed by atoms with Gasteiger partial charge < -0.3 is 21.7 Å². The van der Waals surface area contributed by atoms with E-state index in [0.29, 0.717) is 32.2 Å². The summed E-state index contributed by atoms with van der Waals surface area (Å²) in [6.45, 7) is 0. The SMILES string of the molecule is C#Cc1sc2ncnc(N)c2c1C(=O)Nc1ccc(NC(=O)Nc2ccccc2)cc1. The lowest BCUT2D eigenvalue weighted by Crippen LogP contribution is -2.19. The van der Waals surface area contributed by atoms with Crippen molar-refractivity contribution < 1.29 is 9.59 Å². The van der Waals surface area contributed by atoms with E-state index in [1.165, 1.54) is 17.7 Å². The lowest BCUT2D eigenvalue weighted by atomic mass is 10.1. The molecule has 0 fully saturated rings. The number of para-hydroxylation sites is 1. The number of nitrogens with one attached hydrogen (secondary N) is 3. The van der Waals surface area contributed by atoms with Crippen molar-refractivity contribution in [2.45, 2.75) is 0 Å². The normalized spacial score (nSPS) is 10.3. The molecule has 0 spiro atoms. The second-order valence-electron chi connectivity index (χ2n) is 6.37. The van der Waals surface area contributed by atoms with Crippen LogP contribution in [0, 0.1) is 12.3 Å². The summed E-state index contributed by atoms with van der Waals surface area (Å²) in [4.78, 5) is 34.1. The van der Waals surface area contributed by atoms with E-state index >= 15 is 0 Å². The summed E-state index contributed by atoms with van der Waals surface area (Å²) in [5, 5.41) is 8.69. The third-order valence-corrected chi connectivity index (χ3v) is 5.34. The van der Waals surface area contributed by atoms with Crippen LogP contribution in [-0.4, -0.2) is 21.9 Å². The predicted octanol–water partition coefficient (Wildman–Crippen LogP) is 4.15. The molecule has 0 aliphatic carbocycles. The van der Waals surface area contributed by atoms with Crippen LogP contribution in [0.3, 0.4) is 0 Å². The van der Waals surface area contributed by atoms with E-state index in [4.69, 9.17) is 12.2 Å². The first kappa shape index (κ1) is 19.9. The van der Waals surface area contributed by atoms with Crippen LogP contribution < -0.4 is 21.7 Å². The number of fused-ring (bicyclic) bond motifs is 1. The minimum absolute atomic E-state index is 0.192. The van der Waals surface area contributed by atoms with Gasteiger partial charge in [0.25, 0.3) is 5.91 Å². The number of urea groups is 1. The lowest BCUT2D eigenvalue weighted by Gasteiger charge is -2.09. The van der Waals surface area contributed by atoms with Crippen LogP contribution in [0.5, 0.6) is 0 Å². The van der Waals surface area contributed by atoms with Gasteiger partial charge in [-0.25, -0.2) is 14.8 Å². The Labute approximate surface area is 181 Å². The number of hydrogen-bond acceptors (Lipinski definition) is 6. The molecule has 0 aliphatic rings. The Bertz CT molecular complexity index is 1310. The van der Waals surface area contributed by atoms with Crippen molar-refractivity contribution in [3.8, 4) is 12.3 Å². The number of nitrogens with two attached hydrogens (primary N) is 1.